The number of nitrogens with zero attached hydrogens (tertiary/aromatic N) is 3. The third kappa shape index (κ3) is 2.92. The van der Waals surface area contributed by atoms with E-state index in [-0.39, 0.29) is 18.1 Å². The number of para-hydroxylation sites is 1. The van der Waals surface area contributed by atoms with Crippen LogP contribution in [0.25, 0.3) is 10.9 Å². The van der Waals surface area contributed by atoms with Crippen LogP contribution in [-0.4, -0.2) is 65.1 Å². The number of likely N-dealkylation sites (tertiary alicyclic amines) is 1. The molecule has 2 aromatic rings. The number of pyridine rings is 1. The zero-order valence-corrected chi connectivity index (χ0v) is 14.8. The summed E-state index contributed by atoms with van der Waals surface area (Å²) in [6, 6.07) is 9.85. The van der Waals surface area contributed by atoms with Crippen molar-refractivity contribution in [3.05, 3.63) is 42.1 Å². The number of carbonyl (C=O) groups excluding carboxylic acids is 1. The van der Waals surface area contributed by atoms with E-state index in [1.807, 2.05) is 49.3 Å². The second kappa shape index (κ2) is 6.39. The number of likely N-dealkylation sites (N-methyl/N-ethyl adjacent to an activating group) is 1. The fourth-order valence-electron chi connectivity index (χ4n) is 4.58. The molecule has 1 aliphatic carbocycles. The van der Waals surface area contributed by atoms with Crippen molar-refractivity contribution in [1.29, 1.82) is 0 Å². The Labute approximate surface area is 148 Å². The smallest absolute Gasteiger partial charge is 0.256 e. The first-order chi connectivity index (χ1) is 12.0. The van der Waals surface area contributed by atoms with Crippen molar-refractivity contribution in [3.63, 3.8) is 0 Å². The van der Waals surface area contributed by atoms with Gasteiger partial charge in [0.25, 0.3) is 5.91 Å². The number of hydrogen-bond donors (Lipinski definition) is 1. The second-order valence-corrected chi connectivity index (χ2v) is 7.68. The molecular weight excluding hydrogens is 314 g/mol. The highest BCUT2D eigenvalue weighted by Gasteiger charge is 2.43. The van der Waals surface area contributed by atoms with Gasteiger partial charge in [-0.1, -0.05) is 18.2 Å². The van der Waals surface area contributed by atoms with E-state index in [0.29, 0.717) is 17.4 Å². The Bertz CT molecular complexity index is 786. The Balaban J connectivity index is 1.56. The Kier molecular flexibility index (Phi) is 4.21. The number of benzene rings is 1. The van der Waals surface area contributed by atoms with E-state index in [9.17, 15) is 9.90 Å². The summed E-state index contributed by atoms with van der Waals surface area (Å²) in [5.41, 5.74) is 1.46. The Morgan fingerprint density at radius 2 is 1.88 bits per heavy atom. The third-order valence-electron chi connectivity index (χ3n) is 5.92. The van der Waals surface area contributed by atoms with Gasteiger partial charge >= 0.3 is 0 Å². The summed E-state index contributed by atoms with van der Waals surface area (Å²) in [7, 11) is 4.04. The third-order valence-corrected chi connectivity index (χ3v) is 5.92. The standard InChI is InChI=1S/C20H25N3O2/c1-22(2)17-9-14-11-23(12-15(14)10-18(17)24)20(25)16-7-3-5-13-6-4-8-21-19(13)16/h3-8,14-15,17-18,24H,9-12H2,1-2H3/t14-,15+,17-,18-/m1/s1. The maximum atomic E-state index is 13.1. The summed E-state index contributed by atoms with van der Waals surface area (Å²) >= 11 is 0. The van der Waals surface area contributed by atoms with Gasteiger partial charge in [-0.3, -0.25) is 9.78 Å². The summed E-state index contributed by atoms with van der Waals surface area (Å²) in [6.45, 7) is 1.52. The van der Waals surface area contributed by atoms with Gasteiger partial charge in [0, 0.05) is 30.7 Å². The first-order valence-electron chi connectivity index (χ1n) is 9.02. The number of carbonyl (C=O) groups is 1. The fourth-order valence-corrected chi connectivity index (χ4v) is 4.58. The number of rotatable bonds is 2. The molecule has 0 unspecified atom stereocenters. The van der Waals surface area contributed by atoms with E-state index in [2.05, 4.69) is 9.88 Å². The van der Waals surface area contributed by atoms with Crippen molar-refractivity contribution in [2.75, 3.05) is 27.2 Å². The molecule has 1 aromatic carbocycles. The van der Waals surface area contributed by atoms with Gasteiger partial charge in [0.1, 0.15) is 0 Å². The van der Waals surface area contributed by atoms with Gasteiger partial charge < -0.3 is 14.9 Å². The van der Waals surface area contributed by atoms with Crippen molar-refractivity contribution in [2.45, 2.75) is 25.0 Å². The highest BCUT2D eigenvalue weighted by atomic mass is 16.3. The van der Waals surface area contributed by atoms with Crippen molar-refractivity contribution in [2.24, 2.45) is 11.8 Å². The molecule has 132 valence electrons. The van der Waals surface area contributed by atoms with Gasteiger partial charge in [0.05, 0.1) is 17.2 Å². The molecule has 4 rings (SSSR count). The molecule has 1 aliphatic heterocycles. The summed E-state index contributed by atoms with van der Waals surface area (Å²) < 4.78 is 0. The van der Waals surface area contributed by atoms with E-state index in [1.165, 1.54) is 0 Å². The fraction of sp³-hybridized carbons (Fsp3) is 0.500. The molecule has 2 aliphatic rings. The predicted molar refractivity (Wildman–Crippen MR) is 97.3 cm³/mol. The van der Waals surface area contributed by atoms with E-state index in [4.69, 9.17) is 0 Å². The lowest BCUT2D eigenvalue weighted by molar-refractivity contribution is 0.00940. The molecule has 1 N–H and O–H groups in total. The second-order valence-electron chi connectivity index (χ2n) is 7.68. The molecule has 5 nitrogen and oxygen atoms in total. The van der Waals surface area contributed by atoms with Crippen LogP contribution in [0.15, 0.2) is 36.5 Å². The van der Waals surface area contributed by atoms with Crippen LogP contribution < -0.4 is 0 Å². The van der Waals surface area contributed by atoms with Crippen LogP contribution in [0.1, 0.15) is 23.2 Å². The van der Waals surface area contributed by atoms with E-state index >= 15 is 0 Å². The summed E-state index contributed by atoms with van der Waals surface area (Å²) in [5.74, 6) is 0.940. The lowest BCUT2D eigenvalue weighted by atomic mass is 9.77. The van der Waals surface area contributed by atoms with Gasteiger partial charge in [-0.15, -0.1) is 0 Å². The number of fused-ring (bicyclic) bond motifs is 2. The Morgan fingerprint density at radius 3 is 2.64 bits per heavy atom. The van der Waals surface area contributed by atoms with Gasteiger partial charge in [0.15, 0.2) is 0 Å². The number of aliphatic hydroxyl groups excluding tert-OH is 1. The molecule has 0 bridgehead atoms. The minimum atomic E-state index is -0.300. The van der Waals surface area contributed by atoms with E-state index in [0.717, 1.165) is 36.8 Å². The zero-order valence-electron chi connectivity index (χ0n) is 14.8. The van der Waals surface area contributed by atoms with Gasteiger partial charge in [-0.05, 0) is 50.9 Å². The molecule has 0 radical (unpaired) electrons. The minimum absolute atomic E-state index is 0.0644. The molecule has 2 fully saturated rings. The largest absolute Gasteiger partial charge is 0.391 e. The van der Waals surface area contributed by atoms with Crippen molar-refractivity contribution in [3.8, 4) is 0 Å². The number of hydrogen-bond acceptors (Lipinski definition) is 4. The maximum absolute atomic E-state index is 13.1. The molecule has 1 saturated heterocycles. The maximum Gasteiger partial charge on any atom is 0.256 e. The monoisotopic (exact) mass is 339 g/mol. The summed E-state index contributed by atoms with van der Waals surface area (Å²) in [4.78, 5) is 21.6. The normalized spacial score (nSPS) is 29.2. The predicted octanol–water partition coefficient (Wildman–Crippen LogP) is 2.01. The lowest BCUT2D eigenvalue weighted by Gasteiger charge is -2.38. The summed E-state index contributed by atoms with van der Waals surface area (Å²) in [6.07, 6.45) is 3.17. The highest BCUT2D eigenvalue weighted by molar-refractivity contribution is 6.05. The SMILES string of the molecule is CN(C)[C@@H]1C[C@@H]2CN(C(=O)c3cccc4cccnc34)C[C@@H]2C[C@H]1O. The van der Waals surface area contributed by atoms with Gasteiger partial charge in [-0.2, -0.15) is 0 Å². The molecule has 1 saturated carbocycles. The number of aliphatic hydroxyl groups is 1. The van der Waals surface area contributed by atoms with Crippen LogP contribution in [0.2, 0.25) is 0 Å². The molecule has 25 heavy (non-hydrogen) atoms. The molecule has 2 heterocycles. The average Bonchev–Trinajstić information content (AvgIpc) is 3.02. The van der Waals surface area contributed by atoms with Crippen LogP contribution in [0.3, 0.4) is 0 Å². The molecular formula is C20H25N3O2. The Morgan fingerprint density at radius 1 is 1.16 bits per heavy atom. The number of amides is 1. The van der Waals surface area contributed by atoms with Crippen molar-refractivity contribution < 1.29 is 9.90 Å². The zero-order chi connectivity index (χ0) is 17.6. The number of aromatic nitrogens is 1. The molecule has 0 spiro atoms. The van der Waals surface area contributed by atoms with Crippen molar-refractivity contribution in [1.82, 2.24) is 14.8 Å². The first kappa shape index (κ1) is 16.5. The van der Waals surface area contributed by atoms with Crippen LogP contribution in [-0.2, 0) is 0 Å². The highest BCUT2D eigenvalue weighted by Crippen LogP contribution is 2.38. The van der Waals surface area contributed by atoms with E-state index < -0.39 is 0 Å². The molecule has 1 amide bonds. The van der Waals surface area contributed by atoms with E-state index in [1.54, 1.807) is 6.20 Å². The first-order valence-corrected chi connectivity index (χ1v) is 9.02. The Hall–Kier alpha value is -1.98. The van der Waals surface area contributed by atoms with Crippen molar-refractivity contribution >= 4 is 16.8 Å². The molecule has 5 heteroatoms. The average molecular weight is 339 g/mol. The van der Waals surface area contributed by atoms with Gasteiger partial charge in [-0.25, -0.2) is 0 Å². The summed E-state index contributed by atoms with van der Waals surface area (Å²) in [5, 5.41) is 11.4. The van der Waals surface area contributed by atoms with Crippen LogP contribution in [0.5, 0.6) is 0 Å². The lowest BCUT2D eigenvalue weighted by Crippen LogP contribution is -2.46. The van der Waals surface area contributed by atoms with Gasteiger partial charge in [0.2, 0.25) is 0 Å². The van der Waals surface area contributed by atoms with Crippen LogP contribution in [0, 0.1) is 11.8 Å². The molecule has 4 atom stereocenters. The topological polar surface area (TPSA) is 56.7 Å². The van der Waals surface area contributed by atoms with Crippen LogP contribution >= 0.6 is 0 Å². The molecule has 1 aromatic heterocycles. The van der Waals surface area contributed by atoms with Crippen LogP contribution in [0.4, 0.5) is 0 Å². The minimum Gasteiger partial charge on any atom is -0.391 e. The quantitative estimate of drug-likeness (QED) is 0.909.